The van der Waals surface area contributed by atoms with Crippen molar-refractivity contribution in [3.8, 4) is 5.75 Å². The van der Waals surface area contributed by atoms with Crippen molar-refractivity contribution in [3.63, 3.8) is 0 Å². The van der Waals surface area contributed by atoms with E-state index < -0.39 is 11.1 Å². The van der Waals surface area contributed by atoms with Crippen molar-refractivity contribution in [3.05, 3.63) is 27.9 Å². The molecular weight excluding hydrogens is 268 g/mol. The van der Waals surface area contributed by atoms with Crippen LogP contribution in [-0.4, -0.2) is 18.6 Å². The molecule has 2 rings (SSSR count). The molecule has 0 fully saturated rings. The molecule has 0 aliphatic rings. The molecule has 0 spiro atoms. The quantitative estimate of drug-likeness (QED) is 0.489. The van der Waals surface area contributed by atoms with E-state index in [9.17, 15) is 9.59 Å². The molecule has 0 radical (unpaired) electrons. The molecule has 1 aromatic heterocycles. The molecule has 0 bridgehead atoms. The van der Waals surface area contributed by atoms with Crippen LogP contribution in [0, 0.1) is 0 Å². The van der Waals surface area contributed by atoms with E-state index in [1.807, 2.05) is 0 Å². The molecule has 0 N–H and O–H groups in total. The number of halogens is 1. The molecule has 0 amide bonds. The number of ether oxygens (including phenoxy) is 2. The highest BCUT2D eigenvalue weighted by Gasteiger charge is 2.08. The van der Waals surface area contributed by atoms with Gasteiger partial charge in [-0.2, -0.15) is 0 Å². The number of carbonyl (C=O) groups excluding carboxylic acids is 1. The van der Waals surface area contributed by atoms with E-state index in [1.54, 1.807) is 12.1 Å². The van der Waals surface area contributed by atoms with E-state index in [4.69, 9.17) is 20.8 Å². The molecule has 1 heterocycles. The van der Waals surface area contributed by atoms with Crippen LogP contribution in [0.25, 0.3) is 10.3 Å². The normalized spacial score (nSPS) is 10.4. The van der Waals surface area contributed by atoms with Crippen LogP contribution < -0.4 is 9.68 Å². The van der Waals surface area contributed by atoms with E-state index in [0.29, 0.717) is 10.3 Å². The van der Waals surface area contributed by atoms with Gasteiger partial charge in [0.25, 0.3) is 0 Å². The summed E-state index contributed by atoms with van der Waals surface area (Å²) in [5, 5.41) is 0. The summed E-state index contributed by atoms with van der Waals surface area (Å²) in [6.07, 6.45) is -0.845. The first kappa shape index (κ1) is 11.9. The van der Waals surface area contributed by atoms with Crippen LogP contribution in [0.15, 0.2) is 27.4 Å². The first-order valence-electron chi connectivity index (χ1n) is 4.63. The summed E-state index contributed by atoms with van der Waals surface area (Å²) in [6, 6.07) is 4.64. The number of hydrogen-bond donors (Lipinski definition) is 0. The van der Waals surface area contributed by atoms with Crippen molar-refractivity contribution >= 4 is 39.4 Å². The maximum atomic E-state index is 11.1. The minimum Gasteiger partial charge on any atom is -0.433 e. The summed E-state index contributed by atoms with van der Waals surface area (Å²) in [6.45, 7) is 0.0795. The van der Waals surface area contributed by atoms with Gasteiger partial charge in [-0.15, -0.1) is 11.6 Å². The van der Waals surface area contributed by atoms with E-state index in [1.165, 1.54) is 6.07 Å². The first-order chi connectivity index (χ1) is 8.19. The van der Waals surface area contributed by atoms with Gasteiger partial charge in [-0.25, -0.2) is 9.59 Å². The summed E-state index contributed by atoms with van der Waals surface area (Å²) in [5.41, 5.74) is 0.377. The second-order valence-electron chi connectivity index (χ2n) is 2.95. The smallest absolute Gasteiger partial charge is 0.433 e. The second-order valence-corrected chi connectivity index (χ2v) is 4.31. The molecule has 0 unspecified atom stereocenters. The molecule has 90 valence electrons. The third-order valence-corrected chi connectivity index (χ3v) is 2.76. The van der Waals surface area contributed by atoms with Crippen molar-refractivity contribution in [1.29, 1.82) is 0 Å². The van der Waals surface area contributed by atoms with Crippen LogP contribution >= 0.6 is 22.9 Å². The topological polar surface area (TPSA) is 65.7 Å². The summed E-state index contributed by atoms with van der Waals surface area (Å²) in [4.78, 5) is 21.7. The lowest BCUT2D eigenvalue weighted by atomic mass is 10.3. The minimum atomic E-state index is -0.845. The average Bonchev–Trinajstić information content (AvgIpc) is 2.65. The number of alkyl halides is 1. The van der Waals surface area contributed by atoms with Gasteiger partial charge in [0.1, 0.15) is 12.4 Å². The molecule has 1 aromatic carbocycles. The van der Waals surface area contributed by atoms with Crippen LogP contribution in [0.2, 0.25) is 0 Å². The molecule has 0 saturated heterocycles. The van der Waals surface area contributed by atoms with Gasteiger partial charge in [-0.3, -0.25) is 0 Å². The summed E-state index contributed by atoms with van der Waals surface area (Å²) in [7, 11) is 0. The van der Waals surface area contributed by atoms with Crippen molar-refractivity contribution in [2.24, 2.45) is 0 Å². The summed E-state index contributed by atoms with van der Waals surface area (Å²) < 4.78 is 15.1. The van der Waals surface area contributed by atoms with Crippen LogP contribution in [0.5, 0.6) is 5.75 Å². The average molecular weight is 275 g/mol. The lowest BCUT2D eigenvalue weighted by Gasteiger charge is -2.03. The lowest BCUT2D eigenvalue weighted by Crippen LogP contribution is -2.11. The zero-order chi connectivity index (χ0) is 12.3. The number of hydrogen-bond acceptors (Lipinski definition) is 6. The molecule has 5 nitrogen and oxygen atoms in total. The van der Waals surface area contributed by atoms with Crippen molar-refractivity contribution in [2.45, 2.75) is 0 Å². The van der Waals surface area contributed by atoms with Crippen LogP contribution in [0.1, 0.15) is 0 Å². The van der Waals surface area contributed by atoms with Gasteiger partial charge in [0, 0.05) is 6.07 Å². The maximum Gasteiger partial charge on any atom is 0.513 e. The second kappa shape index (κ2) is 5.20. The Morgan fingerprint density at radius 3 is 3.06 bits per heavy atom. The van der Waals surface area contributed by atoms with Crippen LogP contribution in [-0.2, 0) is 4.74 Å². The largest absolute Gasteiger partial charge is 0.513 e. The van der Waals surface area contributed by atoms with Crippen LogP contribution in [0.4, 0.5) is 4.79 Å². The summed E-state index contributed by atoms with van der Waals surface area (Å²) >= 11 is 6.33. The fraction of sp³-hybridized carbons (Fsp3) is 0.200. The first-order valence-corrected chi connectivity index (χ1v) is 5.98. The highest BCUT2D eigenvalue weighted by Crippen LogP contribution is 2.22. The number of benzene rings is 1. The standard InChI is InChI=1S/C10H7ClO5S/c11-3-4-14-9(12)15-6-1-2-8-7(5-6)16-10(13)17-8/h1-2,5H,3-4H2. The van der Waals surface area contributed by atoms with Gasteiger partial charge in [0.2, 0.25) is 0 Å². The fourth-order valence-corrected chi connectivity index (χ4v) is 1.89. The van der Waals surface area contributed by atoms with Gasteiger partial charge in [0.15, 0.2) is 5.58 Å². The zero-order valence-electron chi connectivity index (χ0n) is 8.47. The van der Waals surface area contributed by atoms with E-state index >= 15 is 0 Å². The Labute approximate surface area is 105 Å². The molecular formula is C10H7ClO5S. The van der Waals surface area contributed by atoms with Gasteiger partial charge in [-0.05, 0) is 12.1 Å². The Morgan fingerprint density at radius 2 is 2.29 bits per heavy atom. The highest BCUT2D eigenvalue weighted by atomic mass is 35.5. The van der Waals surface area contributed by atoms with E-state index in [-0.39, 0.29) is 18.2 Å². The third kappa shape index (κ3) is 2.98. The van der Waals surface area contributed by atoms with Crippen molar-refractivity contribution in [2.75, 3.05) is 12.5 Å². The Morgan fingerprint density at radius 1 is 1.47 bits per heavy atom. The number of carbonyl (C=O) groups is 1. The molecule has 0 atom stereocenters. The molecule has 0 aliphatic heterocycles. The number of fused-ring (bicyclic) bond motifs is 1. The van der Waals surface area contributed by atoms with Gasteiger partial charge in [-0.1, -0.05) is 11.3 Å². The predicted octanol–water partition coefficient (Wildman–Crippen LogP) is 2.61. The van der Waals surface area contributed by atoms with Crippen LogP contribution in [0.3, 0.4) is 0 Å². The SMILES string of the molecule is O=C(OCCCl)Oc1ccc2sc(=O)oc2c1. The number of rotatable bonds is 3. The molecule has 17 heavy (non-hydrogen) atoms. The predicted molar refractivity (Wildman–Crippen MR) is 63.1 cm³/mol. The van der Waals surface area contributed by atoms with Gasteiger partial charge < -0.3 is 13.9 Å². The third-order valence-electron chi connectivity index (χ3n) is 1.80. The lowest BCUT2D eigenvalue weighted by molar-refractivity contribution is 0.105. The monoisotopic (exact) mass is 274 g/mol. The van der Waals surface area contributed by atoms with Gasteiger partial charge in [0.05, 0.1) is 10.6 Å². The summed E-state index contributed by atoms with van der Waals surface area (Å²) in [5.74, 6) is 0.451. The minimum absolute atomic E-state index is 0.0795. The zero-order valence-corrected chi connectivity index (χ0v) is 10.0. The molecule has 0 aliphatic carbocycles. The van der Waals surface area contributed by atoms with Gasteiger partial charge >= 0.3 is 11.1 Å². The Kier molecular flexibility index (Phi) is 3.65. The fourth-order valence-electron chi connectivity index (χ4n) is 1.16. The van der Waals surface area contributed by atoms with Crippen molar-refractivity contribution in [1.82, 2.24) is 0 Å². The Balaban J connectivity index is 2.13. The molecule has 2 aromatic rings. The van der Waals surface area contributed by atoms with Crippen molar-refractivity contribution < 1.29 is 18.7 Å². The molecule has 0 saturated carbocycles. The van der Waals surface area contributed by atoms with E-state index in [2.05, 4.69) is 4.74 Å². The Bertz CT molecular complexity index is 588. The Hall–Kier alpha value is -1.53. The van der Waals surface area contributed by atoms with E-state index in [0.717, 1.165) is 11.3 Å². The molecule has 7 heteroatoms. The highest BCUT2D eigenvalue weighted by molar-refractivity contribution is 7.16. The maximum absolute atomic E-state index is 11.1.